The number of rotatable bonds is 8. The summed E-state index contributed by atoms with van der Waals surface area (Å²) >= 11 is 0. The molecule has 118 valence electrons. The Morgan fingerprint density at radius 1 is 1.00 bits per heavy atom. The molecule has 0 unspecified atom stereocenters. The van der Waals surface area contributed by atoms with Gasteiger partial charge in [-0.15, -0.1) is 0 Å². The molecule has 0 aliphatic rings. The van der Waals surface area contributed by atoms with E-state index in [9.17, 15) is 0 Å². The highest BCUT2D eigenvalue weighted by atomic mass is 16.5. The number of nitrogens with zero attached hydrogens (tertiary/aromatic N) is 1. The largest absolute Gasteiger partial charge is 0.496 e. The molecule has 2 aromatic rings. The average molecular weight is 298 g/mol. The number of methoxy groups -OCH3 is 1. The third kappa shape index (κ3) is 5.17. The molecule has 0 atom stereocenters. The molecular formula is C19H26N2O. The lowest BCUT2D eigenvalue weighted by atomic mass is 10.1. The Morgan fingerprint density at radius 2 is 1.77 bits per heavy atom. The summed E-state index contributed by atoms with van der Waals surface area (Å²) in [6.07, 6.45) is 1.04. The van der Waals surface area contributed by atoms with Crippen LogP contribution in [-0.2, 0) is 19.5 Å². The minimum Gasteiger partial charge on any atom is -0.496 e. The molecule has 2 aromatic carbocycles. The first-order valence-corrected chi connectivity index (χ1v) is 7.74. The van der Waals surface area contributed by atoms with Gasteiger partial charge in [-0.3, -0.25) is 0 Å². The van der Waals surface area contributed by atoms with Gasteiger partial charge >= 0.3 is 0 Å². The molecule has 0 amide bonds. The molecule has 0 saturated carbocycles. The van der Waals surface area contributed by atoms with Crippen LogP contribution in [-0.4, -0.2) is 32.6 Å². The zero-order valence-corrected chi connectivity index (χ0v) is 13.8. The van der Waals surface area contributed by atoms with Gasteiger partial charge in [-0.05, 0) is 44.3 Å². The molecule has 3 nitrogen and oxygen atoms in total. The van der Waals surface area contributed by atoms with Gasteiger partial charge in [0.15, 0.2) is 0 Å². The zero-order chi connectivity index (χ0) is 15.8. The van der Waals surface area contributed by atoms with E-state index >= 15 is 0 Å². The van der Waals surface area contributed by atoms with Crippen LogP contribution in [0.3, 0.4) is 0 Å². The molecule has 0 aliphatic heterocycles. The Bertz CT molecular complexity index is 567. The maximum absolute atomic E-state index is 5.52. The molecule has 0 saturated heterocycles. The first-order chi connectivity index (χ1) is 10.7. The van der Waals surface area contributed by atoms with Crippen LogP contribution >= 0.6 is 0 Å². The van der Waals surface area contributed by atoms with Crippen molar-refractivity contribution in [3.05, 3.63) is 65.2 Å². The van der Waals surface area contributed by atoms with Crippen molar-refractivity contribution in [2.24, 2.45) is 0 Å². The fourth-order valence-corrected chi connectivity index (χ4v) is 2.50. The molecule has 0 bridgehead atoms. The van der Waals surface area contributed by atoms with Crippen molar-refractivity contribution < 1.29 is 4.74 Å². The minimum atomic E-state index is 0.832. The summed E-state index contributed by atoms with van der Waals surface area (Å²) in [7, 11) is 5.89. The van der Waals surface area contributed by atoms with E-state index in [0.29, 0.717) is 0 Å². The fraction of sp³-hybridized carbons (Fsp3) is 0.368. The van der Waals surface area contributed by atoms with Gasteiger partial charge in [-0.1, -0.05) is 42.5 Å². The summed E-state index contributed by atoms with van der Waals surface area (Å²) in [5.74, 6) is 0.964. The van der Waals surface area contributed by atoms with Crippen molar-refractivity contribution in [1.29, 1.82) is 0 Å². The minimum absolute atomic E-state index is 0.832. The Kier molecular flexibility index (Phi) is 6.44. The predicted molar refractivity (Wildman–Crippen MR) is 92.2 cm³/mol. The van der Waals surface area contributed by atoms with Gasteiger partial charge in [-0.2, -0.15) is 0 Å². The number of nitrogens with one attached hydrogen (secondary N) is 1. The molecule has 22 heavy (non-hydrogen) atoms. The van der Waals surface area contributed by atoms with Crippen LogP contribution in [0, 0.1) is 0 Å². The molecule has 0 aromatic heterocycles. The van der Waals surface area contributed by atoms with Gasteiger partial charge in [0.05, 0.1) is 7.11 Å². The standard InChI is InChI=1S/C19H26N2O/c1-21(2)15-17-9-10-18(19(13-17)22-3)14-20-12-11-16-7-5-4-6-8-16/h4-10,13,20H,11-12,14-15H2,1-3H3. The van der Waals surface area contributed by atoms with Crippen LogP contribution in [0.15, 0.2) is 48.5 Å². The van der Waals surface area contributed by atoms with Gasteiger partial charge in [-0.25, -0.2) is 0 Å². The van der Waals surface area contributed by atoms with Crippen molar-refractivity contribution in [2.75, 3.05) is 27.7 Å². The molecule has 2 rings (SSSR count). The predicted octanol–water partition coefficient (Wildman–Crippen LogP) is 3.09. The fourth-order valence-electron chi connectivity index (χ4n) is 2.50. The second-order valence-corrected chi connectivity index (χ2v) is 5.80. The summed E-state index contributed by atoms with van der Waals surface area (Å²) in [4.78, 5) is 2.16. The topological polar surface area (TPSA) is 24.5 Å². The van der Waals surface area contributed by atoms with Crippen molar-refractivity contribution >= 4 is 0 Å². The number of hydrogen-bond acceptors (Lipinski definition) is 3. The van der Waals surface area contributed by atoms with Gasteiger partial charge in [0.1, 0.15) is 5.75 Å². The van der Waals surface area contributed by atoms with E-state index in [0.717, 1.165) is 31.8 Å². The van der Waals surface area contributed by atoms with Gasteiger partial charge in [0, 0.05) is 18.7 Å². The monoisotopic (exact) mass is 298 g/mol. The van der Waals surface area contributed by atoms with Crippen LogP contribution in [0.25, 0.3) is 0 Å². The maximum Gasteiger partial charge on any atom is 0.123 e. The quantitative estimate of drug-likeness (QED) is 0.758. The summed E-state index contributed by atoms with van der Waals surface area (Å²) in [6.45, 7) is 2.73. The van der Waals surface area contributed by atoms with Crippen LogP contribution in [0.2, 0.25) is 0 Å². The molecule has 0 aliphatic carbocycles. The molecular weight excluding hydrogens is 272 g/mol. The smallest absolute Gasteiger partial charge is 0.123 e. The maximum atomic E-state index is 5.52. The van der Waals surface area contributed by atoms with Crippen molar-refractivity contribution in [1.82, 2.24) is 10.2 Å². The van der Waals surface area contributed by atoms with Crippen LogP contribution in [0.5, 0.6) is 5.75 Å². The highest BCUT2D eigenvalue weighted by Gasteiger charge is 2.05. The molecule has 0 fully saturated rings. The molecule has 0 spiro atoms. The molecule has 1 N–H and O–H groups in total. The summed E-state index contributed by atoms with van der Waals surface area (Å²) in [5.41, 5.74) is 3.84. The lowest BCUT2D eigenvalue weighted by Crippen LogP contribution is -2.17. The number of hydrogen-bond donors (Lipinski definition) is 1. The number of benzene rings is 2. The first-order valence-electron chi connectivity index (χ1n) is 7.74. The molecule has 0 heterocycles. The van der Waals surface area contributed by atoms with E-state index in [-0.39, 0.29) is 0 Å². The van der Waals surface area contributed by atoms with E-state index in [2.05, 4.69) is 72.8 Å². The van der Waals surface area contributed by atoms with Crippen LogP contribution in [0.4, 0.5) is 0 Å². The SMILES string of the molecule is COc1cc(CN(C)C)ccc1CNCCc1ccccc1. The van der Waals surface area contributed by atoms with Gasteiger partial charge in [0.25, 0.3) is 0 Å². The van der Waals surface area contributed by atoms with Crippen molar-refractivity contribution in [2.45, 2.75) is 19.5 Å². The zero-order valence-electron chi connectivity index (χ0n) is 13.8. The summed E-state index contributed by atoms with van der Waals surface area (Å²) in [5, 5.41) is 3.49. The molecule has 3 heteroatoms. The summed E-state index contributed by atoms with van der Waals surface area (Å²) in [6, 6.07) is 17.0. The average Bonchev–Trinajstić information content (AvgIpc) is 2.53. The third-order valence-corrected chi connectivity index (χ3v) is 3.60. The second-order valence-electron chi connectivity index (χ2n) is 5.80. The third-order valence-electron chi connectivity index (χ3n) is 3.60. The Balaban J connectivity index is 1.86. The van der Waals surface area contributed by atoms with Crippen molar-refractivity contribution in [3.8, 4) is 5.75 Å². The Morgan fingerprint density at radius 3 is 2.45 bits per heavy atom. The van der Waals surface area contributed by atoms with E-state index in [1.54, 1.807) is 7.11 Å². The summed E-state index contributed by atoms with van der Waals surface area (Å²) < 4.78 is 5.52. The first kappa shape index (κ1) is 16.5. The van der Waals surface area contributed by atoms with Gasteiger partial charge < -0.3 is 15.0 Å². The lowest BCUT2D eigenvalue weighted by Gasteiger charge is -2.14. The van der Waals surface area contributed by atoms with E-state index in [4.69, 9.17) is 4.74 Å². The highest BCUT2D eigenvalue weighted by molar-refractivity contribution is 5.37. The Hall–Kier alpha value is -1.84. The van der Waals surface area contributed by atoms with Crippen LogP contribution < -0.4 is 10.1 Å². The van der Waals surface area contributed by atoms with E-state index in [1.807, 2.05) is 0 Å². The van der Waals surface area contributed by atoms with Crippen molar-refractivity contribution in [3.63, 3.8) is 0 Å². The van der Waals surface area contributed by atoms with E-state index in [1.165, 1.54) is 16.7 Å². The second kappa shape index (κ2) is 8.57. The Labute approximate surface area is 133 Å². The molecule has 0 radical (unpaired) electrons. The highest BCUT2D eigenvalue weighted by Crippen LogP contribution is 2.20. The normalized spacial score (nSPS) is 10.9. The van der Waals surface area contributed by atoms with E-state index < -0.39 is 0 Å². The lowest BCUT2D eigenvalue weighted by molar-refractivity contribution is 0.392. The van der Waals surface area contributed by atoms with Gasteiger partial charge in [0.2, 0.25) is 0 Å². The van der Waals surface area contributed by atoms with Crippen LogP contribution in [0.1, 0.15) is 16.7 Å². The number of ether oxygens (including phenoxy) is 1.